The molecule has 3 aromatic rings. The van der Waals surface area contributed by atoms with E-state index in [1.54, 1.807) is 62.4 Å². The van der Waals surface area contributed by atoms with Crippen molar-refractivity contribution in [1.82, 2.24) is 10.2 Å². The van der Waals surface area contributed by atoms with Crippen LogP contribution in [0.3, 0.4) is 0 Å². The van der Waals surface area contributed by atoms with Crippen LogP contribution in [0.2, 0.25) is 15.1 Å². The molecule has 0 unspecified atom stereocenters. The molecule has 7 nitrogen and oxygen atoms in total. The Balaban J connectivity index is 2.08. The second-order valence-corrected chi connectivity index (χ2v) is 12.6. The van der Waals surface area contributed by atoms with Gasteiger partial charge in [0.05, 0.1) is 10.6 Å². The zero-order chi connectivity index (χ0) is 29.6. The van der Waals surface area contributed by atoms with Crippen LogP contribution in [-0.2, 0) is 26.2 Å². The SMILES string of the molecule is CC[C@H](C)NC(=O)[C@@H](C)N(Cc1c(Cl)cccc1Cl)C(=O)CN(c1ccc(C)c(Cl)c1)S(=O)(=O)c1ccccc1. The molecule has 0 radical (unpaired) electrons. The van der Waals surface area contributed by atoms with Gasteiger partial charge in [-0.1, -0.05) is 72.1 Å². The molecule has 0 aromatic heterocycles. The molecule has 0 heterocycles. The average Bonchev–Trinajstić information content (AvgIpc) is 2.93. The van der Waals surface area contributed by atoms with Crippen LogP contribution in [0.25, 0.3) is 0 Å². The van der Waals surface area contributed by atoms with Crippen LogP contribution in [0.4, 0.5) is 5.69 Å². The Morgan fingerprint density at radius 1 is 0.900 bits per heavy atom. The van der Waals surface area contributed by atoms with Crippen LogP contribution < -0.4 is 9.62 Å². The number of aryl methyl sites for hydroxylation is 1. The van der Waals surface area contributed by atoms with Gasteiger partial charge < -0.3 is 10.2 Å². The maximum Gasteiger partial charge on any atom is 0.264 e. The van der Waals surface area contributed by atoms with Crippen molar-refractivity contribution in [1.29, 1.82) is 0 Å². The fraction of sp³-hybridized carbons (Fsp3) is 0.310. The van der Waals surface area contributed by atoms with Crippen molar-refractivity contribution >= 4 is 62.3 Å². The maximum atomic E-state index is 14.0. The zero-order valence-corrected chi connectivity index (χ0v) is 25.8. The number of carbonyl (C=O) groups is 2. The Labute approximate surface area is 251 Å². The van der Waals surface area contributed by atoms with Gasteiger partial charge in [-0.15, -0.1) is 0 Å². The molecule has 0 saturated carbocycles. The number of amides is 2. The molecule has 0 fully saturated rings. The van der Waals surface area contributed by atoms with Gasteiger partial charge in [-0.05, 0) is 69.2 Å². The lowest BCUT2D eigenvalue weighted by Crippen LogP contribution is -2.52. The van der Waals surface area contributed by atoms with E-state index in [-0.39, 0.29) is 29.1 Å². The zero-order valence-electron chi connectivity index (χ0n) is 22.7. The molecule has 0 aliphatic carbocycles. The van der Waals surface area contributed by atoms with Gasteiger partial charge in [0, 0.05) is 33.2 Å². The summed E-state index contributed by atoms with van der Waals surface area (Å²) in [5, 5.41) is 3.87. The van der Waals surface area contributed by atoms with E-state index in [0.29, 0.717) is 27.1 Å². The summed E-state index contributed by atoms with van der Waals surface area (Å²) >= 11 is 19.2. The molecule has 11 heteroatoms. The lowest BCUT2D eigenvalue weighted by Gasteiger charge is -2.33. The molecule has 1 N–H and O–H groups in total. The molecule has 3 aromatic carbocycles. The van der Waals surface area contributed by atoms with Gasteiger partial charge in [0.1, 0.15) is 12.6 Å². The van der Waals surface area contributed by atoms with E-state index >= 15 is 0 Å². The third-order valence-electron chi connectivity index (χ3n) is 6.61. The summed E-state index contributed by atoms with van der Waals surface area (Å²) in [4.78, 5) is 28.4. The monoisotopic (exact) mass is 623 g/mol. The number of sulfonamides is 1. The summed E-state index contributed by atoms with van der Waals surface area (Å²) < 4.78 is 28.7. The van der Waals surface area contributed by atoms with Crippen LogP contribution in [0.1, 0.15) is 38.3 Å². The summed E-state index contributed by atoms with van der Waals surface area (Å²) in [5.74, 6) is -1.01. The van der Waals surface area contributed by atoms with Gasteiger partial charge in [0.25, 0.3) is 10.0 Å². The molecule has 0 saturated heterocycles. The van der Waals surface area contributed by atoms with Gasteiger partial charge in [-0.3, -0.25) is 13.9 Å². The van der Waals surface area contributed by atoms with Gasteiger partial charge in [0.15, 0.2) is 0 Å². The first-order valence-corrected chi connectivity index (χ1v) is 15.3. The number of carbonyl (C=O) groups excluding carboxylic acids is 2. The minimum Gasteiger partial charge on any atom is -0.352 e. The molecule has 3 rings (SSSR count). The van der Waals surface area contributed by atoms with E-state index in [2.05, 4.69) is 5.32 Å². The molecular formula is C29H32Cl3N3O4S. The number of halogens is 3. The molecule has 0 aliphatic heterocycles. The Kier molecular flexibility index (Phi) is 10.9. The molecule has 214 valence electrons. The van der Waals surface area contributed by atoms with Crippen molar-refractivity contribution < 1.29 is 18.0 Å². The predicted octanol–water partition coefficient (Wildman–Crippen LogP) is 6.48. The van der Waals surface area contributed by atoms with Crippen molar-refractivity contribution in [3.8, 4) is 0 Å². The summed E-state index contributed by atoms with van der Waals surface area (Å²) in [5.41, 5.74) is 1.40. The average molecular weight is 625 g/mol. The molecule has 0 bridgehead atoms. The topological polar surface area (TPSA) is 86.8 Å². The number of nitrogens with zero attached hydrogens (tertiary/aromatic N) is 2. The molecular weight excluding hydrogens is 593 g/mol. The van der Waals surface area contributed by atoms with E-state index < -0.39 is 28.5 Å². The molecule has 0 spiro atoms. The van der Waals surface area contributed by atoms with Crippen LogP contribution in [0.15, 0.2) is 71.6 Å². The predicted molar refractivity (Wildman–Crippen MR) is 162 cm³/mol. The second-order valence-electron chi connectivity index (χ2n) is 9.47. The van der Waals surface area contributed by atoms with Crippen molar-refractivity contribution in [2.24, 2.45) is 0 Å². The molecule has 40 heavy (non-hydrogen) atoms. The van der Waals surface area contributed by atoms with E-state index in [9.17, 15) is 18.0 Å². The van der Waals surface area contributed by atoms with Crippen molar-refractivity contribution in [2.45, 2.75) is 57.6 Å². The van der Waals surface area contributed by atoms with E-state index in [1.165, 1.54) is 23.1 Å². The normalized spacial score (nSPS) is 12.9. The lowest BCUT2D eigenvalue weighted by atomic mass is 10.1. The molecule has 0 aliphatic rings. The van der Waals surface area contributed by atoms with Crippen LogP contribution >= 0.6 is 34.8 Å². The Morgan fingerprint density at radius 2 is 1.52 bits per heavy atom. The van der Waals surface area contributed by atoms with Gasteiger partial charge in [-0.2, -0.15) is 0 Å². The second kappa shape index (κ2) is 13.7. The summed E-state index contributed by atoms with van der Waals surface area (Å²) in [6, 6.07) is 16.4. The number of benzene rings is 3. The third-order valence-corrected chi connectivity index (χ3v) is 9.52. The van der Waals surface area contributed by atoms with E-state index in [1.807, 2.05) is 13.8 Å². The summed E-state index contributed by atoms with van der Waals surface area (Å²) in [6.07, 6.45) is 0.694. The molecule has 2 atom stereocenters. The quantitative estimate of drug-likeness (QED) is 0.265. The highest BCUT2D eigenvalue weighted by molar-refractivity contribution is 7.92. The summed E-state index contributed by atoms with van der Waals surface area (Å²) in [6.45, 7) is 6.46. The number of nitrogens with one attached hydrogen (secondary N) is 1. The van der Waals surface area contributed by atoms with Crippen molar-refractivity contribution in [3.05, 3.63) is 92.9 Å². The standard InChI is InChI=1S/C29H32Cl3N3O4S/c1-5-20(3)33-29(37)21(4)34(17-24-25(30)12-9-13-26(24)31)28(36)18-35(22-15-14-19(2)27(32)16-22)40(38,39)23-10-7-6-8-11-23/h6-16,20-21H,5,17-18H2,1-4H3,(H,33,37)/t20-,21+/m0/s1. The first-order chi connectivity index (χ1) is 18.9. The van der Waals surface area contributed by atoms with Crippen LogP contribution in [0, 0.1) is 6.92 Å². The van der Waals surface area contributed by atoms with Crippen LogP contribution in [-0.4, -0.2) is 43.8 Å². The van der Waals surface area contributed by atoms with Crippen molar-refractivity contribution in [2.75, 3.05) is 10.8 Å². The minimum atomic E-state index is -4.20. The Morgan fingerprint density at radius 3 is 2.10 bits per heavy atom. The highest BCUT2D eigenvalue weighted by Crippen LogP contribution is 2.30. The first kappa shape index (κ1) is 31.7. The summed E-state index contributed by atoms with van der Waals surface area (Å²) in [7, 11) is -4.20. The number of rotatable bonds is 11. The van der Waals surface area contributed by atoms with Gasteiger partial charge in [-0.25, -0.2) is 8.42 Å². The first-order valence-electron chi connectivity index (χ1n) is 12.7. The molecule has 2 amide bonds. The number of hydrogen-bond donors (Lipinski definition) is 1. The fourth-order valence-corrected chi connectivity index (χ4v) is 6.01. The van der Waals surface area contributed by atoms with Crippen LogP contribution in [0.5, 0.6) is 0 Å². The maximum absolute atomic E-state index is 14.0. The fourth-order valence-electron chi connectivity index (χ4n) is 3.89. The Hall–Kier alpha value is -2.78. The largest absolute Gasteiger partial charge is 0.352 e. The number of anilines is 1. The highest BCUT2D eigenvalue weighted by Gasteiger charge is 2.33. The van der Waals surface area contributed by atoms with Gasteiger partial charge in [0.2, 0.25) is 11.8 Å². The smallest absolute Gasteiger partial charge is 0.264 e. The highest BCUT2D eigenvalue weighted by atomic mass is 35.5. The number of hydrogen-bond acceptors (Lipinski definition) is 4. The van der Waals surface area contributed by atoms with E-state index in [0.717, 1.165) is 9.87 Å². The third kappa shape index (κ3) is 7.49. The lowest BCUT2D eigenvalue weighted by molar-refractivity contribution is -0.139. The van der Waals surface area contributed by atoms with E-state index in [4.69, 9.17) is 34.8 Å². The van der Waals surface area contributed by atoms with Gasteiger partial charge >= 0.3 is 0 Å². The Bertz CT molecular complexity index is 1450. The minimum absolute atomic E-state index is 0.00255. The van der Waals surface area contributed by atoms with Crippen molar-refractivity contribution in [3.63, 3.8) is 0 Å².